The van der Waals surface area contributed by atoms with Gasteiger partial charge < -0.3 is 14.9 Å². The molecule has 0 aliphatic carbocycles. The van der Waals surface area contributed by atoms with Crippen LogP contribution in [0.4, 0.5) is 0 Å². The summed E-state index contributed by atoms with van der Waals surface area (Å²) in [6, 6.07) is 9.22. The minimum atomic E-state index is -0.830. The van der Waals surface area contributed by atoms with E-state index < -0.39 is 12.2 Å². The van der Waals surface area contributed by atoms with Crippen LogP contribution in [0.15, 0.2) is 30.3 Å². The second kappa shape index (κ2) is 6.15. The second-order valence-corrected chi connectivity index (χ2v) is 4.93. The zero-order valence-electron chi connectivity index (χ0n) is 10.8. The van der Waals surface area contributed by atoms with Crippen molar-refractivity contribution >= 4 is 0 Å². The van der Waals surface area contributed by atoms with Gasteiger partial charge in [0.25, 0.3) is 0 Å². The highest BCUT2D eigenvalue weighted by molar-refractivity contribution is 5.18. The molecule has 2 N–H and O–H groups in total. The molecule has 1 aromatic rings. The fourth-order valence-electron chi connectivity index (χ4n) is 1.63. The van der Waals surface area contributed by atoms with Gasteiger partial charge in [-0.3, -0.25) is 0 Å². The van der Waals surface area contributed by atoms with Gasteiger partial charge >= 0.3 is 0 Å². The zero-order chi connectivity index (χ0) is 12.9. The molecule has 1 aromatic carbocycles. The first-order valence-corrected chi connectivity index (χ1v) is 5.92. The Morgan fingerprint density at radius 2 is 1.76 bits per heavy atom. The lowest BCUT2D eigenvalue weighted by Gasteiger charge is -2.26. The van der Waals surface area contributed by atoms with Gasteiger partial charge in [-0.25, -0.2) is 0 Å². The van der Waals surface area contributed by atoms with Gasteiger partial charge in [-0.1, -0.05) is 30.3 Å². The third-order valence-electron chi connectivity index (χ3n) is 3.10. The van der Waals surface area contributed by atoms with Crippen LogP contribution in [0.25, 0.3) is 0 Å². The quantitative estimate of drug-likeness (QED) is 0.799. The Hall–Kier alpha value is -0.900. The molecule has 0 fully saturated rings. The van der Waals surface area contributed by atoms with Crippen molar-refractivity contribution in [1.82, 2.24) is 0 Å². The molecule has 0 saturated heterocycles. The largest absolute Gasteiger partial charge is 0.390 e. The standard InChI is InChI=1S/C14H22O3/c1-14(2,17-3)10-9-12(15)13(16)11-7-5-4-6-8-11/h4-8,12-13,15-16H,9-10H2,1-3H3. The molecule has 3 nitrogen and oxygen atoms in total. The number of benzene rings is 1. The lowest BCUT2D eigenvalue weighted by atomic mass is 9.95. The number of rotatable bonds is 6. The molecule has 2 unspecified atom stereocenters. The van der Waals surface area contributed by atoms with Gasteiger partial charge in [0.1, 0.15) is 6.10 Å². The monoisotopic (exact) mass is 238 g/mol. The van der Waals surface area contributed by atoms with E-state index in [2.05, 4.69) is 0 Å². The SMILES string of the molecule is COC(C)(C)CCC(O)C(O)c1ccccc1. The van der Waals surface area contributed by atoms with E-state index in [1.54, 1.807) is 7.11 Å². The minimum absolute atomic E-state index is 0.266. The third kappa shape index (κ3) is 4.46. The molecule has 96 valence electrons. The van der Waals surface area contributed by atoms with E-state index >= 15 is 0 Å². The van der Waals surface area contributed by atoms with Crippen molar-refractivity contribution in [3.63, 3.8) is 0 Å². The maximum absolute atomic E-state index is 9.97. The number of ether oxygens (including phenoxy) is 1. The predicted octanol–water partition coefficient (Wildman–Crippen LogP) is 2.29. The van der Waals surface area contributed by atoms with Crippen LogP contribution in [0.3, 0.4) is 0 Å². The second-order valence-electron chi connectivity index (χ2n) is 4.93. The molecule has 2 atom stereocenters. The first-order valence-electron chi connectivity index (χ1n) is 5.92. The summed E-state index contributed by atoms with van der Waals surface area (Å²) >= 11 is 0. The van der Waals surface area contributed by atoms with E-state index in [1.165, 1.54) is 0 Å². The van der Waals surface area contributed by atoms with E-state index in [0.29, 0.717) is 12.8 Å². The Morgan fingerprint density at radius 1 is 1.18 bits per heavy atom. The highest BCUT2D eigenvalue weighted by atomic mass is 16.5. The Balaban J connectivity index is 2.51. The minimum Gasteiger partial charge on any atom is -0.390 e. The fraction of sp³-hybridized carbons (Fsp3) is 0.571. The lowest BCUT2D eigenvalue weighted by molar-refractivity contribution is -0.0247. The molecule has 0 bridgehead atoms. The van der Waals surface area contributed by atoms with Crippen LogP contribution >= 0.6 is 0 Å². The van der Waals surface area contributed by atoms with Crippen molar-refractivity contribution in [1.29, 1.82) is 0 Å². The Labute approximate surface area is 103 Å². The number of aliphatic hydroxyl groups is 2. The van der Waals surface area contributed by atoms with Crippen LogP contribution in [-0.2, 0) is 4.74 Å². The van der Waals surface area contributed by atoms with Gasteiger partial charge in [0.05, 0.1) is 11.7 Å². The summed E-state index contributed by atoms with van der Waals surface area (Å²) < 4.78 is 5.28. The summed E-state index contributed by atoms with van der Waals surface area (Å²) in [5.74, 6) is 0. The summed E-state index contributed by atoms with van der Waals surface area (Å²) in [4.78, 5) is 0. The van der Waals surface area contributed by atoms with Crippen molar-refractivity contribution in [2.24, 2.45) is 0 Å². The molecule has 0 amide bonds. The van der Waals surface area contributed by atoms with Crippen molar-refractivity contribution in [3.8, 4) is 0 Å². The van der Waals surface area contributed by atoms with E-state index in [9.17, 15) is 10.2 Å². The molecule has 0 aliphatic heterocycles. The smallest absolute Gasteiger partial charge is 0.105 e. The molecule has 0 aliphatic rings. The van der Waals surface area contributed by atoms with Crippen molar-refractivity contribution in [2.45, 2.75) is 44.5 Å². The molecule has 0 radical (unpaired) electrons. The summed E-state index contributed by atoms with van der Waals surface area (Å²) in [6.07, 6.45) is -0.374. The van der Waals surface area contributed by atoms with Crippen molar-refractivity contribution in [3.05, 3.63) is 35.9 Å². The molecule has 3 heteroatoms. The number of hydrogen-bond donors (Lipinski definition) is 2. The normalized spacial score (nSPS) is 15.6. The van der Waals surface area contributed by atoms with Gasteiger partial charge in [-0.15, -0.1) is 0 Å². The summed E-state index contributed by atoms with van der Waals surface area (Å²) in [6.45, 7) is 3.93. The average Bonchev–Trinajstić information content (AvgIpc) is 2.36. The van der Waals surface area contributed by atoms with E-state index in [1.807, 2.05) is 44.2 Å². The maximum Gasteiger partial charge on any atom is 0.105 e. The van der Waals surface area contributed by atoms with Crippen LogP contribution in [0, 0.1) is 0 Å². The summed E-state index contributed by atoms with van der Waals surface area (Å²) in [5.41, 5.74) is 0.479. The van der Waals surface area contributed by atoms with E-state index in [0.717, 1.165) is 5.56 Å². The first kappa shape index (κ1) is 14.2. The van der Waals surface area contributed by atoms with Gasteiger partial charge in [0.15, 0.2) is 0 Å². The molecule has 17 heavy (non-hydrogen) atoms. The number of aliphatic hydroxyl groups excluding tert-OH is 2. The maximum atomic E-state index is 9.97. The number of methoxy groups -OCH3 is 1. The van der Waals surface area contributed by atoms with Gasteiger partial charge in [-0.05, 0) is 32.3 Å². The molecule has 0 spiro atoms. The summed E-state index contributed by atoms with van der Waals surface area (Å²) in [5, 5.41) is 19.9. The topological polar surface area (TPSA) is 49.7 Å². The van der Waals surface area contributed by atoms with Crippen LogP contribution in [0.2, 0.25) is 0 Å². The zero-order valence-corrected chi connectivity index (χ0v) is 10.8. The summed E-state index contributed by atoms with van der Waals surface area (Å²) in [7, 11) is 1.65. The fourth-order valence-corrected chi connectivity index (χ4v) is 1.63. The Kier molecular flexibility index (Phi) is 5.12. The van der Waals surface area contributed by atoms with Crippen LogP contribution in [0.1, 0.15) is 38.4 Å². The molecular formula is C14H22O3. The molecule has 0 heterocycles. The molecule has 1 rings (SSSR count). The molecule has 0 saturated carbocycles. The van der Waals surface area contributed by atoms with Crippen LogP contribution in [-0.4, -0.2) is 29.0 Å². The Bertz CT molecular complexity index is 321. The van der Waals surface area contributed by atoms with E-state index in [-0.39, 0.29) is 5.60 Å². The highest BCUT2D eigenvalue weighted by Crippen LogP contribution is 2.23. The van der Waals surface area contributed by atoms with Crippen molar-refractivity contribution in [2.75, 3.05) is 7.11 Å². The van der Waals surface area contributed by atoms with Crippen LogP contribution < -0.4 is 0 Å². The average molecular weight is 238 g/mol. The predicted molar refractivity (Wildman–Crippen MR) is 67.7 cm³/mol. The Morgan fingerprint density at radius 3 is 2.29 bits per heavy atom. The molecular weight excluding hydrogens is 216 g/mol. The first-order chi connectivity index (χ1) is 7.96. The number of hydrogen-bond acceptors (Lipinski definition) is 3. The third-order valence-corrected chi connectivity index (χ3v) is 3.10. The van der Waals surface area contributed by atoms with E-state index in [4.69, 9.17) is 4.74 Å². The van der Waals surface area contributed by atoms with Crippen LogP contribution in [0.5, 0.6) is 0 Å². The van der Waals surface area contributed by atoms with Gasteiger partial charge in [0.2, 0.25) is 0 Å². The molecule has 0 aromatic heterocycles. The van der Waals surface area contributed by atoms with Crippen molar-refractivity contribution < 1.29 is 14.9 Å². The highest BCUT2D eigenvalue weighted by Gasteiger charge is 2.23. The van der Waals surface area contributed by atoms with Gasteiger partial charge in [0, 0.05) is 7.11 Å². The van der Waals surface area contributed by atoms with Gasteiger partial charge in [-0.2, -0.15) is 0 Å². The lowest BCUT2D eigenvalue weighted by Crippen LogP contribution is -2.27.